The fourth-order valence-corrected chi connectivity index (χ4v) is 3.95. The fraction of sp³-hybridized carbons (Fsp3) is 0.471. The molecule has 2 atom stereocenters. The molecule has 4 rings (SSSR count). The summed E-state index contributed by atoms with van der Waals surface area (Å²) in [5.74, 6) is 0.426. The van der Waals surface area contributed by atoms with Crippen LogP contribution in [0.2, 0.25) is 0 Å². The van der Waals surface area contributed by atoms with Gasteiger partial charge in [-0.1, -0.05) is 43.5 Å². The number of hydrogen-bond acceptors (Lipinski definition) is 2. The van der Waals surface area contributed by atoms with Crippen LogP contribution in [-0.4, -0.2) is 20.8 Å². The summed E-state index contributed by atoms with van der Waals surface area (Å²) in [5.41, 5.74) is 3.62. The van der Waals surface area contributed by atoms with Crippen molar-refractivity contribution >= 4 is 0 Å². The maximum atomic E-state index is 10.9. The lowest BCUT2D eigenvalue weighted by atomic mass is 9.81. The summed E-state index contributed by atoms with van der Waals surface area (Å²) in [7, 11) is 0. The third kappa shape index (κ3) is 1.73. The van der Waals surface area contributed by atoms with Crippen molar-refractivity contribution in [3.63, 3.8) is 0 Å². The van der Waals surface area contributed by atoms with E-state index in [0.717, 1.165) is 18.5 Å². The number of aliphatic hydroxyl groups excluding tert-OH is 1. The summed E-state index contributed by atoms with van der Waals surface area (Å²) < 4.78 is 2.16. The molecule has 3 nitrogen and oxygen atoms in total. The van der Waals surface area contributed by atoms with Crippen LogP contribution in [0.15, 0.2) is 36.8 Å². The first kappa shape index (κ1) is 12.2. The minimum absolute atomic E-state index is 0.0480. The second kappa shape index (κ2) is 4.74. The molecule has 20 heavy (non-hydrogen) atoms. The summed E-state index contributed by atoms with van der Waals surface area (Å²) >= 11 is 0. The van der Waals surface area contributed by atoms with Gasteiger partial charge in [0.15, 0.2) is 0 Å². The molecule has 0 saturated heterocycles. The molecule has 0 bridgehead atoms. The Morgan fingerprint density at radius 3 is 2.80 bits per heavy atom. The summed E-state index contributed by atoms with van der Waals surface area (Å²) in [6.45, 7) is 0. The van der Waals surface area contributed by atoms with Crippen LogP contribution in [0.3, 0.4) is 0 Å². The summed E-state index contributed by atoms with van der Waals surface area (Å²) in [4.78, 5) is 4.27. The number of nitrogens with zero attached hydrogens (tertiary/aromatic N) is 2. The van der Waals surface area contributed by atoms with Gasteiger partial charge < -0.3 is 9.67 Å². The van der Waals surface area contributed by atoms with Gasteiger partial charge in [-0.3, -0.25) is 0 Å². The number of aromatic nitrogens is 2. The van der Waals surface area contributed by atoms with E-state index in [1.807, 2.05) is 12.5 Å². The normalized spacial score (nSPS) is 23.4. The molecule has 0 radical (unpaired) electrons. The van der Waals surface area contributed by atoms with E-state index in [1.54, 1.807) is 0 Å². The van der Waals surface area contributed by atoms with Crippen LogP contribution in [0, 0.1) is 5.92 Å². The van der Waals surface area contributed by atoms with Crippen molar-refractivity contribution in [2.45, 2.75) is 44.2 Å². The molecule has 1 saturated carbocycles. The number of benzene rings is 1. The highest BCUT2D eigenvalue weighted by Gasteiger charge is 2.37. The van der Waals surface area contributed by atoms with Crippen LogP contribution in [0.5, 0.6) is 0 Å². The van der Waals surface area contributed by atoms with Gasteiger partial charge in [-0.15, -0.1) is 0 Å². The van der Waals surface area contributed by atoms with Crippen molar-refractivity contribution in [3.8, 4) is 11.3 Å². The molecule has 1 N–H and O–H groups in total. The number of rotatable bonds is 2. The Bertz CT molecular complexity index is 613. The van der Waals surface area contributed by atoms with Gasteiger partial charge in [-0.2, -0.15) is 0 Å². The molecule has 3 heteroatoms. The summed E-state index contributed by atoms with van der Waals surface area (Å²) in [6.07, 6.45) is 9.62. The highest BCUT2D eigenvalue weighted by Crippen LogP contribution is 2.44. The zero-order valence-corrected chi connectivity index (χ0v) is 11.6. The average Bonchev–Trinajstić information content (AvgIpc) is 3.08. The highest BCUT2D eigenvalue weighted by molar-refractivity contribution is 5.69. The molecule has 1 aliphatic heterocycles. The number of aliphatic hydroxyl groups is 1. The Balaban J connectivity index is 1.74. The van der Waals surface area contributed by atoms with Crippen molar-refractivity contribution in [1.82, 2.24) is 9.55 Å². The predicted molar refractivity (Wildman–Crippen MR) is 78.4 cm³/mol. The maximum absolute atomic E-state index is 10.9. The van der Waals surface area contributed by atoms with E-state index in [1.165, 1.54) is 30.4 Å². The van der Waals surface area contributed by atoms with Gasteiger partial charge in [0.05, 0.1) is 30.4 Å². The zero-order chi connectivity index (χ0) is 13.5. The molecule has 1 aromatic heterocycles. The van der Waals surface area contributed by atoms with E-state index in [9.17, 15) is 5.11 Å². The standard InChI is InChI=1S/C17H20N2O/c20-17(12-6-2-1-3-7-12)16-14-9-5-4-8-13(14)15-10-18-11-19(15)16/h4-5,8-12,16-17,20H,1-3,6-7H2/t16-,17-/m1/s1. The van der Waals surface area contributed by atoms with E-state index in [-0.39, 0.29) is 12.1 Å². The molecule has 0 spiro atoms. The van der Waals surface area contributed by atoms with E-state index in [0.29, 0.717) is 5.92 Å². The molecule has 1 fully saturated rings. The molecule has 1 aromatic carbocycles. The lowest BCUT2D eigenvalue weighted by Crippen LogP contribution is -2.31. The molecule has 2 heterocycles. The van der Waals surface area contributed by atoms with Crippen molar-refractivity contribution < 1.29 is 5.11 Å². The van der Waals surface area contributed by atoms with E-state index < -0.39 is 0 Å². The number of fused-ring (bicyclic) bond motifs is 3. The Labute approximate surface area is 119 Å². The van der Waals surface area contributed by atoms with E-state index >= 15 is 0 Å². The lowest BCUT2D eigenvalue weighted by Gasteiger charge is -2.31. The van der Waals surface area contributed by atoms with Gasteiger partial charge in [0.1, 0.15) is 0 Å². The molecule has 2 aromatic rings. The monoisotopic (exact) mass is 268 g/mol. The first-order valence-electron chi connectivity index (χ1n) is 7.65. The fourth-order valence-electron chi connectivity index (χ4n) is 3.95. The number of hydrogen-bond donors (Lipinski definition) is 1. The van der Waals surface area contributed by atoms with Crippen LogP contribution in [0.25, 0.3) is 11.3 Å². The van der Waals surface area contributed by atoms with Crippen molar-refractivity contribution in [1.29, 1.82) is 0 Å². The maximum Gasteiger partial charge on any atom is 0.0957 e. The Hall–Kier alpha value is -1.61. The predicted octanol–water partition coefficient (Wildman–Crippen LogP) is 3.39. The first-order chi connectivity index (χ1) is 9.86. The van der Waals surface area contributed by atoms with Crippen LogP contribution < -0.4 is 0 Å². The molecule has 0 unspecified atom stereocenters. The average molecular weight is 268 g/mol. The van der Waals surface area contributed by atoms with Crippen LogP contribution in [0.1, 0.15) is 43.7 Å². The van der Waals surface area contributed by atoms with Gasteiger partial charge in [0.25, 0.3) is 0 Å². The third-order valence-electron chi connectivity index (χ3n) is 4.98. The van der Waals surface area contributed by atoms with Crippen molar-refractivity contribution in [2.75, 3.05) is 0 Å². The first-order valence-corrected chi connectivity index (χ1v) is 7.65. The smallest absolute Gasteiger partial charge is 0.0957 e. The Morgan fingerprint density at radius 1 is 1.15 bits per heavy atom. The molecular formula is C17H20N2O. The highest BCUT2D eigenvalue weighted by atomic mass is 16.3. The van der Waals surface area contributed by atoms with Gasteiger partial charge in [-0.25, -0.2) is 4.98 Å². The number of imidazole rings is 1. The molecule has 104 valence electrons. The molecule has 2 aliphatic rings. The van der Waals surface area contributed by atoms with E-state index in [4.69, 9.17) is 0 Å². The lowest BCUT2D eigenvalue weighted by molar-refractivity contribution is 0.0536. The second-order valence-corrected chi connectivity index (χ2v) is 6.11. The van der Waals surface area contributed by atoms with Crippen molar-refractivity contribution in [2.24, 2.45) is 5.92 Å². The largest absolute Gasteiger partial charge is 0.390 e. The quantitative estimate of drug-likeness (QED) is 0.906. The van der Waals surface area contributed by atoms with Crippen LogP contribution >= 0.6 is 0 Å². The zero-order valence-electron chi connectivity index (χ0n) is 11.6. The minimum atomic E-state index is -0.299. The third-order valence-corrected chi connectivity index (χ3v) is 4.98. The second-order valence-electron chi connectivity index (χ2n) is 6.11. The van der Waals surface area contributed by atoms with E-state index in [2.05, 4.69) is 33.8 Å². The topological polar surface area (TPSA) is 38.1 Å². The Kier molecular flexibility index (Phi) is 2.88. The molecule has 1 aliphatic carbocycles. The minimum Gasteiger partial charge on any atom is -0.390 e. The summed E-state index contributed by atoms with van der Waals surface area (Å²) in [6, 6.07) is 8.46. The van der Waals surface area contributed by atoms with Gasteiger partial charge in [0.2, 0.25) is 0 Å². The molecular weight excluding hydrogens is 248 g/mol. The molecule has 0 amide bonds. The van der Waals surface area contributed by atoms with Gasteiger partial charge >= 0.3 is 0 Å². The van der Waals surface area contributed by atoms with Crippen LogP contribution in [0.4, 0.5) is 0 Å². The van der Waals surface area contributed by atoms with Gasteiger partial charge in [0, 0.05) is 5.56 Å². The summed E-state index contributed by atoms with van der Waals surface area (Å²) in [5, 5.41) is 10.9. The van der Waals surface area contributed by atoms with Crippen molar-refractivity contribution in [3.05, 3.63) is 42.4 Å². The van der Waals surface area contributed by atoms with Gasteiger partial charge in [-0.05, 0) is 24.3 Å². The van der Waals surface area contributed by atoms with Crippen LogP contribution in [-0.2, 0) is 0 Å². The SMILES string of the molecule is O[C@H](C1CCCCC1)[C@H]1c2ccccc2-c2cncn21. The Morgan fingerprint density at radius 2 is 1.95 bits per heavy atom.